The van der Waals surface area contributed by atoms with E-state index in [2.05, 4.69) is 37.2 Å². The third kappa shape index (κ3) is 10.6. The molecular weight excluding hydrogens is 252 g/mol. The second kappa shape index (κ2) is 12.8. The van der Waals surface area contributed by atoms with Gasteiger partial charge in [-0.1, -0.05) is 63.5 Å². The molecule has 0 aromatic carbocycles. The number of unbranched alkanes of at least 4 members (excludes halogenated alkanes) is 4. The third-order valence-electron chi connectivity index (χ3n) is 2.95. The van der Waals surface area contributed by atoms with E-state index in [0.29, 0.717) is 6.42 Å². The lowest BCUT2D eigenvalue weighted by Crippen LogP contribution is -2.25. The number of aliphatic hydroxyl groups is 3. The summed E-state index contributed by atoms with van der Waals surface area (Å²) in [6, 6.07) is 0. The van der Waals surface area contributed by atoms with Gasteiger partial charge >= 0.3 is 0 Å². The lowest BCUT2D eigenvalue weighted by molar-refractivity contribution is 0.0165. The minimum Gasteiger partial charge on any atom is -0.390 e. The molecule has 0 bridgehead atoms. The van der Waals surface area contributed by atoms with Crippen molar-refractivity contribution in [1.82, 2.24) is 0 Å². The fourth-order valence-electron chi connectivity index (χ4n) is 1.65. The Morgan fingerprint density at radius 2 is 1.70 bits per heavy atom. The van der Waals surface area contributed by atoms with Gasteiger partial charge in [-0.05, 0) is 18.3 Å². The van der Waals surface area contributed by atoms with Crippen LogP contribution >= 0.6 is 0 Å². The Hall–Kier alpha value is -1.26. The smallest absolute Gasteiger partial charge is 0.134 e. The maximum Gasteiger partial charge on any atom is 0.134 e. The monoisotopic (exact) mass is 278 g/mol. The molecule has 1 unspecified atom stereocenters. The van der Waals surface area contributed by atoms with Crippen molar-refractivity contribution in [2.45, 2.75) is 70.2 Å². The van der Waals surface area contributed by atoms with E-state index >= 15 is 0 Å². The number of aliphatic hydroxyl groups excluding tert-OH is 3. The molecule has 0 aliphatic rings. The third-order valence-corrected chi connectivity index (χ3v) is 2.95. The van der Waals surface area contributed by atoms with Crippen molar-refractivity contribution in [3.63, 3.8) is 0 Å². The van der Waals surface area contributed by atoms with E-state index in [0.717, 1.165) is 12.8 Å². The lowest BCUT2D eigenvalue weighted by Gasteiger charge is -2.15. The zero-order chi connectivity index (χ0) is 15.2. The van der Waals surface area contributed by atoms with Crippen LogP contribution in [0.25, 0.3) is 0 Å². The Morgan fingerprint density at radius 1 is 1.00 bits per heavy atom. The fraction of sp³-hybridized carbons (Fsp3) is 0.647. The summed E-state index contributed by atoms with van der Waals surface area (Å²) in [4.78, 5) is 0. The van der Waals surface area contributed by atoms with Crippen molar-refractivity contribution in [2.75, 3.05) is 0 Å². The minimum atomic E-state index is -0.872. The molecule has 0 aliphatic heterocycles. The van der Waals surface area contributed by atoms with Gasteiger partial charge in [0, 0.05) is 6.42 Å². The molecule has 0 spiro atoms. The summed E-state index contributed by atoms with van der Waals surface area (Å²) in [6.45, 7) is 5.55. The van der Waals surface area contributed by atoms with Crippen LogP contribution in [0.1, 0.15) is 51.9 Å². The molecule has 0 saturated carbocycles. The Morgan fingerprint density at radius 3 is 2.35 bits per heavy atom. The van der Waals surface area contributed by atoms with E-state index in [1.54, 1.807) is 0 Å². The summed E-state index contributed by atoms with van der Waals surface area (Å²) in [6.07, 6.45) is 5.29. The molecule has 0 heterocycles. The van der Waals surface area contributed by atoms with Crippen molar-refractivity contribution in [3.8, 4) is 23.7 Å². The van der Waals surface area contributed by atoms with Crippen molar-refractivity contribution in [3.05, 3.63) is 12.7 Å². The normalized spacial score (nSPS) is 14.2. The van der Waals surface area contributed by atoms with Crippen LogP contribution in [-0.4, -0.2) is 33.6 Å². The SMILES string of the molecule is C=CC(O)C#CC#CC[C@@H](O)[C@H](O)CCCCCCC. The van der Waals surface area contributed by atoms with Crippen molar-refractivity contribution >= 4 is 0 Å². The molecule has 0 radical (unpaired) electrons. The van der Waals surface area contributed by atoms with Gasteiger partial charge in [0.05, 0.1) is 12.2 Å². The van der Waals surface area contributed by atoms with Crippen LogP contribution in [0.5, 0.6) is 0 Å². The summed E-state index contributed by atoms with van der Waals surface area (Å²) < 4.78 is 0. The first-order chi connectivity index (χ1) is 9.61. The van der Waals surface area contributed by atoms with Crippen LogP contribution in [0.15, 0.2) is 12.7 Å². The summed E-state index contributed by atoms with van der Waals surface area (Å²) >= 11 is 0. The topological polar surface area (TPSA) is 60.7 Å². The number of hydrogen-bond acceptors (Lipinski definition) is 3. The van der Waals surface area contributed by atoms with Gasteiger partial charge in [0.25, 0.3) is 0 Å². The van der Waals surface area contributed by atoms with Gasteiger partial charge < -0.3 is 15.3 Å². The molecule has 20 heavy (non-hydrogen) atoms. The van der Waals surface area contributed by atoms with Crippen LogP contribution in [0.3, 0.4) is 0 Å². The Kier molecular flexibility index (Phi) is 12.0. The van der Waals surface area contributed by atoms with Gasteiger partial charge in [-0.15, -0.1) is 0 Å². The molecule has 0 saturated heterocycles. The van der Waals surface area contributed by atoms with Gasteiger partial charge in [0.1, 0.15) is 6.10 Å². The van der Waals surface area contributed by atoms with Gasteiger partial charge in [-0.2, -0.15) is 0 Å². The van der Waals surface area contributed by atoms with Gasteiger partial charge in [0.15, 0.2) is 0 Å². The van der Waals surface area contributed by atoms with Crippen molar-refractivity contribution in [2.24, 2.45) is 0 Å². The first-order valence-corrected chi connectivity index (χ1v) is 7.27. The molecule has 3 atom stereocenters. The molecular formula is C17H26O3. The molecule has 0 fully saturated rings. The van der Waals surface area contributed by atoms with E-state index in [1.807, 2.05) is 0 Å². The average molecular weight is 278 g/mol. The van der Waals surface area contributed by atoms with Crippen LogP contribution in [0.4, 0.5) is 0 Å². The number of hydrogen-bond donors (Lipinski definition) is 3. The van der Waals surface area contributed by atoms with Crippen LogP contribution in [-0.2, 0) is 0 Å². The first kappa shape index (κ1) is 18.7. The van der Waals surface area contributed by atoms with E-state index in [9.17, 15) is 10.2 Å². The molecule has 0 amide bonds. The fourth-order valence-corrected chi connectivity index (χ4v) is 1.65. The zero-order valence-electron chi connectivity index (χ0n) is 12.3. The standard InChI is InChI=1S/C17H26O3/c1-3-5-6-7-10-13-16(19)17(20)14-11-8-9-12-15(18)4-2/h4,15-20H,2-3,5-7,10,13-14H2,1H3/t15?,16-,17-/m1/s1. The molecule has 3 N–H and O–H groups in total. The van der Waals surface area contributed by atoms with Gasteiger partial charge in [-0.25, -0.2) is 0 Å². The minimum absolute atomic E-state index is 0.189. The predicted molar refractivity (Wildman–Crippen MR) is 81.8 cm³/mol. The first-order valence-electron chi connectivity index (χ1n) is 7.27. The van der Waals surface area contributed by atoms with Crippen LogP contribution in [0, 0.1) is 23.7 Å². The highest BCUT2D eigenvalue weighted by molar-refractivity contribution is 5.28. The van der Waals surface area contributed by atoms with E-state index in [-0.39, 0.29) is 6.42 Å². The highest BCUT2D eigenvalue weighted by Gasteiger charge is 2.14. The summed E-state index contributed by atoms with van der Waals surface area (Å²) in [5, 5.41) is 28.5. The molecule has 3 nitrogen and oxygen atoms in total. The second-order valence-corrected chi connectivity index (χ2v) is 4.79. The van der Waals surface area contributed by atoms with E-state index in [1.165, 1.54) is 25.3 Å². The highest BCUT2D eigenvalue weighted by atomic mass is 16.3. The zero-order valence-corrected chi connectivity index (χ0v) is 12.3. The summed E-state index contributed by atoms with van der Waals surface area (Å²) in [5.41, 5.74) is 0. The summed E-state index contributed by atoms with van der Waals surface area (Å²) in [7, 11) is 0. The van der Waals surface area contributed by atoms with E-state index in [4.69, 9.17) is 5.11 Å². The largest absolute Gasteiger partial charge is 0.390 e. The Balaban J connectivity index is 3.84. The molecule has 0 rings (SSSR count). The van der Waals surface area contributed by atoms with Crippen molar-refractivity contribution in [1.29, 1.82) is 0 Å². The van der Waals surface area contributed by atoms with Crippen molar-refractivity contribution < 1.29 is 15.3 Å². The van der Waals surface area contributed by atoms with Gasteiger partial charge in [0.2, 0.25) is 0 Å². The maximum atomic E-state index is 9.75. The molecule has 0 aromatic rings. The maximum absolute atomic E-state index is 9.75. The van der Waals surface area contributed by atoms with E-state index < -0.39 is 18.3 Å². The molecule has 112 valence electrons. The second-order valence-electron chi connectivity index (χ2n) is 4.79. The molecule has 3 heteroatoms. The van der Waals surface area contributed by atoms with Gasteiger partial charge in [-0.3, -0.25) is 0 Å². The summed E-state index contributed by atoms with van der Waals surface area (Å²) in [5.74, 6) is 10.1. The molecule has 0 aliphatic carbocycles. The quantitative estimate of drug-likeness (QED) is 0.343. The number of rotatable bonds is 9. The van der Waals surface area contributed by atoms with Crippen LogP contribution in [0.2, 0.25) is 0 Å². The van der Waals surface area contributed by atoms with Crippen LogP contribution < -0.4 is 0 Å². The Labute approximate surface area is 122 Å². The molecule has 0 aromatic heterocycles. The highest BCUT2D eigenvalue weighted by Crippen LogP contribution is 2.10. The average Bonchev–Trinajstić information content (AvgIpc) is 2.45. The predicted octanol–water partition coefficient (Wildman–Crippen LogP) is 2.01. The Bertz CT molecular complexity index is 367. The lowest BCUT2D eigenvalue weighted by atomic mass is 10.0.